The van der Waals surface area contributed by atoms with Crippen molar-refractivity contribution in [1.82, 2.24) is 4.90 Å². The van der Waals surface area contributed by atoms with Gasteiger partial charge in [0, 0.05) is 6.54 Å². The Kier molecular flexibility index (Phi) is 3.09. The number of hydrogen-bond donors (Lipinski definition) is 0. The molecule has 0 amide bonds. The largest absolute Gasteiger partial charge is 0.376 e. The van der Waals surface area contributed by atoms with Gasteiger partial charge >= 0.3 is 0 Å². The number of rotatable bonds is 4. The van der Waals surface area contributed by atoms with Gasteiger partial charge in [0.1, 0.15) is 0 Å². The molecule has 16 heavy (non-hydrogen) atoms. The molecular weight excluding hydrogens is 198 g/mol. The van der Waals surface area contributed by atoms with E-state index >= 15 is 0 Å². The Labute approximate surface area is 100 Å². The molecule has 0 N–H and O–H groups in total. The first-order valence-electron chi connectivity index (χ1n) is 6.64. The first-order valence-corrected chi connectivity index (χ1v) is 6.64. The normalized spacial score (nSPS) is 40.9. The van der Waals surface area contributed by atoms with Crippen molar-refractivity contribution in [3.63, 3.8) is 0 Å². The van der Waals surface area contributed by atoms with Gasteiger partial charge in [-0.1, -0.05) is 20.8 Å². The lowest BCUT2D eigenvalue weighted by Gasteiger charge is -2.39. The highest BCUT2D eigenvalue weighted by molar-refractivity contribution is 5.11. The fourth-order valence-corrected chi connectivity index (χ4v) is 3.76. The molecule has 2 bridgehead atoms. The van der Waals surface area contributed by atoms with Gasteiger partial charge in [0.25, 0.3) is 0 Å². The average Bonchev–Trinajstić information content (AvgIpc) is 2.49. The lowest BCUT2D eigenvalue weighted by Crippen LogP contribution is -2.38. The Morgan fingerprint density at radius 3 is 2.38 bits per heavy atom. The third-order valence-corrected chi connectivity index (χ3v) is 5.57. The molecule has 2 aliphatic rings. The predicted octanol–water partition coefficient (Wildman–Crippen LogP) is 2.78. The summed E-state index contributed by atoms with van der Waals surface area (Å²) in [5.74, 6) is 0.891. The van der Waals surface area contributed by atoms with Crippen LogP contribution in [0.1, 0.15) is 40.0 Å². The van der Waals surface area contributed by atoms with E-state index in [9.17, 15) is 0 Å². The molecule has 0 radical (unpaired) electrons. The van der Waals surface area contributed by atoms with E-state index in [0.717, 1.165) is 19.1 Å². The summed E-state index contributed by atoms with van der Waals surface area (Å²) in [6.07, 6.45) is 4.56. The third kappa shape index (κ3) is 1.70. The first kappa shape index (κ1) is 12.4. The molecule has 2 rings (SSSR count). The summed E-state index contributed by atoms with van der Waals surface area (Å²) < 4.78 is 6.14. The number of fused-ring (bicyclic) bond motifs is 2. The van der Waals surface area contributed by atoms with Crippen LogP contribution in [0.2, 0.25) is 0 Å². The summed E-state index contributed by atoms with van der Waals surface area (Å²) in [5, 5.41) is 0. The number of nitrogens with zero attached hydrogens (tertiary/aromatic N) is 1. The Hall–Kier alpha value is -0.0800. The van der Waals surface area contributed by atoms with E-state index in [1.807, 2.05) is 0 Å². The van der Waals surface area contributed by atoms with Gasteiger partial charge in [-0.3, -0.25) is 0 Å². The molecule has 0 aromatic carbocycles. The van der Waals surface area contributed by atoms with E-state index in [1.165, 1.54) is 19.3 Å². The van der Waals surface area contributed by atoms with Crippen LogP contribution in [0.15, 0.2) is 0 Å². The molecule has 2 heteroatoms. The van der Waals surface area contributed by atoms with E-state index in [1.54, 1.807) is 0 Å². The molecule has 0 spiro atoms. The van der Waals surface area contributed by atoms with Crippen LogP contribution < -0.4 is 0 Å². The molecule has 0 heterocycles. The van der Waals surface area contributed by atoms with Gasteiger partial charge in [0.2, 0.25) is 0 Å². The zero-order chi connectivity index (χ0) is 12.0. The minimum atomic E-state index is 0.421. The molecule has 0 unspecified atom stereocenters. The van der Waals surface area contributed by atoms with Crippen molar-refractivity contribution < 1.29 is 4.74 Å². The van der Waals surface area contributed by atoms with Crippen LogP contribution in [-0.2, 0) is 4.74 Å². The molecule has 2 aliphatic carbocycles. The monoisotopic (exact) mass is 225 g/mol. The van der Waals surface area contributed by atoms with Gasteiger partial charge in [-0.2, -0.15) is 0 Å². The fourth-order valence-electron chi connectivity index (χ4n) is 3.76. The van der Waals surface area contributed by atoms with Gasteiger partial charge in [0.05, 0.1) is 12.7 Å². The molecule has 0 aromatic heterocycles. The Morgan fingerprint density at radius 1 is 1.25 bits per heavy atom. The van der Waals surface area contributed by atoms with Gasteiger partial charge in [0.15, 0.2) is 0 Å². The summed E-state index contributed by atoms with van der Waals surface area (Å²) in [7, 11) is 4.21. The van der Waals surface area contributed by atoms with Crippen LogP contribution in [0.25, 0.3) is 0 Å². The first-order chi connectivity index (χ1) is 7.38. The van der Waals surface area contributed by atoms with Crippen LogP contribution in [0.3, 0.4) is 0 Å². The Balaban J connectivity index is 1.94. The molecule has 0 aliphatic heterocycles. The molecule has 94 valence electrons. The molecule has 0 saturated heterocycles. The van der Waals surface area contributed by atoms with E-state index in [2.05, 4.69) is 39.8 Å². The summed E-state index contributed by atoms with van der Waals surface area (Å²) in [4.78, 5) is 2.20. The molecule has 0 aromatic rings. The van der Waals surface area contributed by atoms with E-state index in [4.69, 9.17) is 4.74 Å². The second-order valence-electron chi connectivity index (χ2n) is 6.77. The van der Waals surface area contributed by atoms with Gasteiger partial charge in [-0.15, -0.1) is 0 Å². The maximum Gasteiger partial charge on any atom is 0.0637 e. The lowest BCUT2D eigenvalue weighted by molar-refractivity contribution is -0.0495. The third-order valence-electron chi connectivity index (χ3n) is 5.57. The van der Waals surface area contributed by atoms with Crippen LogP contribution in [0.5, 0.6) is 0 Å². The Bertz CT molecular complexity index is 261. The minimum Gasteiger partial charge on any atom is -0.376 e. The molecule has 2 nitrogen and oxygen atoms in total. The van der Waals surface area contributed by atoms with Crippen LogP contribution in [0.4, 0.5) is 0 Å². The van der Waals surface area contributed by atoms with E-state index < -0.39 is 0 Å². The molecule has 2 saturated carbocycles. The number of likely N-dealkylation sites (N-methyl/N-ethyl adjacent to an activating group) is 1. The second kappa shape index (κ2) is 3.99. The van der Waals surface area contributed by atoms with Crippen molar-refractivity contribution in [2.75, 3.05) is 27.2 Å². The van der Waals surface area contributed by atoms with Crippen molar-refractivity contribution in [3.8, 4) is 0 Å². The highest BCUT2D eigenvalue weighted by atomic mass is 16.5. The number of ether oxygens (including phenoxy) is 1. The zero-order valence-electron chi connectivity index (χ0n) is 11.5. The quantitative estimate of drug-likeness (QED) is 0.729. The van der Waals surface area contributed by atoms with Crippen molar-refractivity contribution in [2.24, 2.45) is 16.7 Å². The highest BCUT2D eigenvalue weighted by Gasteiger charge is 2.61. The summed E-state index contributed by atoms with van der Waals surface area (Å²) in [5.41, 5.74) is 0.903. The summed E-state index contributed by atoms with van der Waals surface area (Å²) in [6, 6.07) is 0. The van der Waals surface area contributed by atoms with Gasteiger partial charge in [-0.25, -0.2) is 0 Å². The Morgan fingerprint density at radius 2 is 1.94 bits per heavy atom. The molecular formula is C14H27NO. The topological polar surface area (TPSA) is 12.5 Å². The fraction of sp³-hybridized carbons (Fsp3) is 1.00. The maximum atomic E-state index is 6.14. The van der Waals surface area contributed by atoms with Crippen molar-refractivity contribution in [1.29, 1.82) is 0 Å². The molecule has 3 atom stereocenters. The smallest absolute Gasteiger partial charge is 0.0637 e. The average molecular weight is 225 g/mol. The van der Waals surface area contributed by atoms with Crippen molar-refractivity contribution >= 4 is 0 Å². The summed E-state index contributed by atoms with van der Waals surface area (Å²) >= 11 is 0. The second-order valence-corrected chi connectivity index (χ2v) is 6.77. The zero-order valence-corrected chi connectivity index (χ0v) is 11.5. The van der Waals surface area contributed by atoms with E-state index in [-0.39, 0.29) is 0 Å². The van der Waals surface area contributed by atoms with Crippen LogP contribution in [-0.4, -0.2) is 38.3 Å². The number of hydrogen-bond acceptors (Lipinski definition) is 2. The van der Waals surface area contributed by atoms with Crippen LogP contribution >= 0.6 is 0 Å². The summed E-state index contributed by atoms with van der Waals surface area (Å²) in [6.45, 7) is 9.26. The molecule has 2 fully saturated rings. The standard InChI is InChI=1S/C14H27NO/c1-13(2)11-6-7-14(13,3)12(10-11)16-9-8-15(4)5/h11-12H,6-10H2,1-5H3/t11-,12-,14-/m1/s1. The van der Waals surface area contributed by atoms with E-state index in [0.29, 0.717) is 16.9 Å². The minimum absolute atomic E-state index is 0.421. The van der Waals surface area contributed by atoms with Crippen LogP contribution in [0, 0.1) is 16.7 Å². The van der Waals surface area contributed by atoms with Crippen molar-refractivity contribution in [3.05, 3.63) is 0 Å². The lowest BCUT2D eigenvalue weighted by atomic mass is 9.70. The van der Waals surface area contributed by atoms with Crippen molar-refractivity contribution in [2.45, 2.75) is 46.1 Å². The maximum absolute atomic E-state index is 6.14. The SMILES string of the molecule is CN(C)CCO[C@@H]1C[C@H]2CC[C@@]1(C)C2(C)C. The predicted molar refractivity (Wildman–Crippen MR) is 67.5 cm³/mol. The van der Waals surface area contributed by atoms with Gasteiger partial charge < -0.3 is 9.64 Å². The van der Waals surface area contributed by atoms with Gasteiger partial charge in [-0.05, 0) is 50.1 Å². The highest BCUT2D eigenvalue weighted by Crippen LogP contribution is 2.66.